The number of carbonyl (C=O) groups excluding carboxylic acids is 1. The van der Waals surface area contributed by atoms with Crippen molar-refractivity contribution < 1.29 is 4.79 Å². The van der Waals surface area contributed by atoms with E-state index in [9.17, 15) is 4.79 Å². The van der Waals surface area contributed by atoms with Crippen LogP contribution in [0.1, 0.15) is 42.9 Å². The number of likely N-dealkylation sites (tertiary alicyclic amines) is 2. The minimum atomic E-state index is 0.264. The topological polar surface area (TPSA) is 60.0 Å². The molecule has 2 unspecified atom stereocenters. The number of hydrogen-bond acceptors (Lipinski definition) is 3. The third-order valence-electron chi connectivity index (χ3n) is 6.59. The molecular weight excluding hydrogens is 398 g/mol. The molecule has 0 aliphatic carbocycles. The van der Waals surface area contributed by atoms with Gasteiger partial charge in [0.1, 0.15) is 0 Å². The highest BCUT2D eigenvalue weighted by Crippen LogP contribution is 2.20. The van der Waals surface area contributed by atoms with Crippen molar-refractivity contribution in [2.24, 2.45) is 4.99 Å². The van der Waals surface area contributed by atoms with E-state index in [4.69, 9.17) is 0 Å². The molecule has 170 valence electrons. The van der Waals surface area contributed by atoms with Gasteiger partial charge < -0.3 is 15.5 Å². The maximum atomic E-state index is 12.0. The van der Waals surface area contributed by atoms with E-state index in [1.807, 2.05) is 18.0 Å². The molecule has 2 aromatic rings. The Morgan fingerprint density at radius 1 is 1.06 bits per heavy atom. The summed E-state index contributed by atoms with van der Waals surface area (Å²) in [5.41, 5.74) is 3.77. The van der Waals surface area contributed by atoms with E-state index in [1.54, 1.807) is 0 Å². The van der Waals surface area contributed by atoms with Crippen molar-refractivity contribution in [1.29, 1.82) is 0 Å². The lowest BCUT2D eigenvalue weighted by molar-refractivity contribution is -0.128. The van der Waals surface area contributed by atoms with E-state index >= 15 is 0 Å². The number of amides is 1. The van der Waals surface area contributed by atoms with Gasteiger partial charge in [0.2, 0.25) is 5.91 Å². The molecule has 0 spiro atoms. The molecule has 0 radical (unpaired) electrons. The largest absolute Gasteiger partial charge is 0.352 e. The van der Waals surface area contributed by atoms with E-state index < -0.39 is 0 Å². The first-order valence-corrected chi connectivity index (χ1v) is 11.7. The van der Waals surface area contributed by atoms with Crippen molar-refractivity contribution in [3.63, 3.8) is 0 Å². The summed E-state index contributed by atoms with van der Waals surface area (Å²) >= 11 is 0. The van der Waals surface area contributed by atoms with Gasteiger partial charge in [0, 0.05) is 58.3 Å². The van der Waals surface area contributed by atoms with Crippen LogP contribution in [0.3, 0.4) is 0 Å². The molecule has 2 atom stereocenters. The summed E-state index contributed by atoms with van der Waals surface area (Å²) in [6.45, 7) is 6.53. The average Bonchev–Trinajstić information content (AvgIpc) is 3.37. The summed E-state index contributed by atoms with van der Waals surface area (Å²) < 4.78 is 0. The van der Waals surface area contributed by atoms with Crippen LogP contribution < -0.4 is 10.6 Å². The molecule has 6 nitrogen and oxygen atoms in total. The quantitative estimate of drug-likeness (QED) is 0.520. The van der Waals surface area contributed by atoms with Gasteiger partial charge >= 0.3 is 0 Å². The zero-order valence-electron chi connectivity index (χ0n) is 19.3. The van der Waals surface area contributed by atoms with Crippen LogP contribution in [-0.4, -0.2) is 53.9 Å². The van der Waals surface area contributed by atoms with E-state index in [1.165, 1.54) is 16.7 Å². The lowest BCUT2D eigenvalue weighted by Gasteiger charge is -2.21. The second-order valence-corrected chi connectivity index (χ2v) is 8.95. The van der Waals surface area contributed by atoms with Crippen LogP contribution in [0.4, 0.5) is 0 Å². The van der Waals surface area contributed by atoms with Crippen LogP contribution >= 0.6 is 0 Å². The molecule has 2 fully saturated rings. The lowest BCUT2D eigenvalue weighted by Crippen LogP contribution is -2.44. The van der Waals surface area contributed by atoms with Crippen molar-refractivity contribution in [3.8, 4) is 0 Å². The lowest BCUT2D eigenvalue weighted by atomic mass is 10.1. The second-order valence-electron chi connectivity index (χ2n) is 8.95. The molecule has 0 saturated carbocycles. The summed E-state index contributed by atoms with van der Waals surface area (Å²) in [5.74, 6) is 1.09. The van der Waals surface area contributed by atoms with Crippen LogP contribution in [-0.2, 0) is 24.4 Å². The highest BCUT2D eigenvalue weighted by molar-refractivity contribution is 5.80. The Kier molecular flexibility index (Phi) is 7.43. The molecule has 1 amide bonds. The van der Waals surface area contributed by atoms with Crippen LogP contribution in [0, 0.1) is 0 Å². The zero-order valence-corrected chi connectivity index (χ0v) is 19.3. The molecule has 2 N–H and O–H groups in total. The molecule has 0 aromatic heterocycles. The molecule has 2 aliphatic heterocycles. The first kappa shape index (κ1) is 22.3. The molecule has 32 heavy (non-hydrogen) atoms. The third-order valence-corrected chi connectivity index (χ3v) is 6.59. The molecule has 2 heterocycles. The van der Waals surface area contributed by atoms with Crippen molar-refractivity contribution in [3.05, 3.63) is 71.3 Å². The number of nitrogens with one attached hydrogen (secondary N) is 2. The van der Waals surface area contributed by atoms with Crippen molar-refractivity contribution in [2.45, 2.75) is 57.9 Å². The van der Waals surface area contributed by atoms with Gasteiger partial charge in [0.25, 0.3) is 0 Å². The van der Waals surface area contributed by atoms with E-state index in [2.05, 4.69) is 76.0 Å². The number of aliphatic imine (C=N–C) groups is 1. The molecule has 2 aliphatic rings. The first-order valence-electron chi connectivity index (χ1n) is 11.7. The fourth-order valence-corrected chi connectivity index (χ4v) is 4.77. The summed E-state index contributed by atoms with van der Waals surface area (Å²) in [5, 5.41) is 7.10. The van der Waals surface area contributed by atoms with Crippen LogP contribution in [0.25, 0.3) is 0 Å². The molecule has 0 bridgehead atoms. The van der Waals surface area contributed by atoms with Gasteiger partial charge in [-0.3, -0.25) is 14.7 Å². The van der Waals surface area contributed by atoms with Crippen LogP contribution in [0.2, 0.25) is 0 Å². The Balaban J connectivity index is 1.31. The van der Waals surface area contributed by atoms with E-state index in [0.29, 0.717) is 31.6 Å². The van der Waals surface area contributed by atoms with Gasteiger partial charge in [-0.05, 0) is 36.5 Å². The van der Waals surface area contributed by atoms with Gasteiger partial charge in [-0.1, -0.05) is 54.6 Å². The summed E-state index contributed by atoms with van der Waals surface area (Å²) in [7, 11) is 1.82. The predicted molar refractivity (Wildman–Crippen MR) is 129 cm³/mol. The Hall–Kier alpha value is -2.86. The highest BCUT2D eigenvalue weighted by Gasteiger charge is 2.29. The Morgan fingerprint density at radius 3 is 2.53 bits per heavy atom. The van der Waals surface area contributed by atoms with E-state index in [0.717, 1.165) is 38.4 Å². The maximum Gasteiger partial charge on any atom is 0.222 e. The minimum absolute atomic E-state index is 0.264. The number of carbonyl (C=O) groups is 1. The number of guanidine groups is 1. The number of nitrogens with zero attached hydrogens (tertiary/aromatic N) is 3. The standard InChI is InChI=1S/C26H35N5O/c1-20-15-24(19-31(20)17-21-9-4-3-5-10-21)29-26(27-2)28-16-22-11-6-7-12-23(22)18-30-14-8-13-25(30)32/h3-7,9-12,20,24H,8,13-19H2,1-2H3,(H2,27,28,29). The van der Waals surface area contributed by atoms with Crippen molar-refractivity contribution in [1.82, 2.24) is 20.4 Å². The Labute approximate surface area is 191 Å². The summed E-state index contributed by atoms with van der Waals surface area (Å²) in [4.78, 5) is 21.0. The third kappa shape index (κ3) is 5.68. The molecule has 4 rings (SSSR count). The van der Waals surface area contributed by atoms with Crippen LogP contribution in [0.15, 0.2) is 59.6 Å². The first-order chi connectivity index (χ1) is 15.6. The van der Waals surface area contributed by atoms with Gasteiger partial charge in [-0.2, -0.15) is 0 Å². The minimum Gasteiger partial charge on any atom is -0.352 e. The molecule has 2 saturated heterocycles. The number of hydrogen-bond donors (Lipinski definition) is 2. The fourth-order valence-electron chi connectivity index (χ4n) is 4.77. The second kappa shape index (κ2) is 10.6. The Bertz CT molecular complexity index is 929. The predicted octanol–water partition coefficient (Wildman–Crippen LogP) is 3.14. The van der Waals surface area contributed by atoms with Gasteiger partial charge in [-0.15, -0.1) is 0 Å². The maximum absolute atomic E-state index is 12.0. The van der Waals surface area contributed by atoms with Gasteiger partial charge in [-0.25, -0.2) is 0 Å². The zero-order chi connectivity index (χ0) is 22.3. The molecule has 2 aromatic carbocycles. The van der Waals surface area contributed by atoms with Crippen molar-refractivity contribution >= 4 is 11.9 Å². The average molecular weight is 434 g/mol. The van der Waals surface area contributed by atoms with Gasteiger partial charge in [0.15, 0.2) is 5.96 Å². The Morgan fingerprint density at radius 2 is 1.81 bits per heavy atom. The summed E-state index contributed by atoms with van der Waals surface area (Å²) in [6.07, 6.45) is 2.75. The smallest absolute Gasteiger partial charge is 0.222 e. The molecule has 6 heteroatoms. The van der Waals surface area contributed by atoms with E-state index in [-0.39, 0.29) is 5.91 Å². The number of rotatable bonds is 7. The monoisotopic (exact) mass is 433 g/mol. The highest BCUT2D eigenvalue weighted by atomic mass is 16.2. The molecular formula is C26H35N5O. The van der Waals surface area contributed by atoms with Crippen molar-refractivity contribution in [2.75, 3.05) is 20.1 Å². The summed E-state index contributed by atoms with van der Waals surface area (Å²) in [6, 6.07) is 19.9. The van der Waals surface area contributed by atoms with Gasteiger partial charge in [0.05, 0.1) is 0 Å². The normalized spacial score (nSPS) is 21.9. The SMILES string of the molecule is CN=C(NCc1ccccc1CN1CCCC1=O)NC1CC(C)N(Cc2ccccc2)C1. The van der Waals surface area contributed by atoms with Crippen LogP contribution in [0.5, 0.6) is 0 Å². The fraction of sp³-hybridized carbons (Fsp3) is 0.462. The number of benzene rings is 2.